The van der Waals surface area contributed by atoms with Crippen molar-refractivity contribution in [1.82, 2.24) is 14.5 Å². The number of aryl methyl sites for hydroxylation is 1. The van der Waals surface area contributed by atoms with Gasteiger partial charge in [0.2, 0.25) is 5.88 Å². The van der Waals surface area contributed by atoms with Crippen LogP contribution in [0.25, 0.3) is 0 Å². The van der Waals surface area contributed by atoms with E-state index in [1.165, 1.54) is 6.07 Å². The van der Waals surface area contributed by atoms with Gasteiger partial charge in [0.25, 0.3) is 5.56 Å². The molecule has 0 bridgehead atoms. The highest BCUT2D eigenvalue weighted by Crippen LogP contribution is 2.15. The van der Waals surface area contributed by atoms with Crippen molar-refractivity contribution in [3.8, 4) is 5.88 Å². The molecule has 0 radical (unpaired) electrons. The standard InChI is InChI=1S/C15H19N3O2/c1-11-9-14(19)18(15(2,3)4)12(17-11)10-20-13-7-5-6-8-16-13/h5-9H,10H2,1-4H3. The number of ether oxygens (including phenoxy) is 1. The number of nitrogens with zero attached hydrogens (tertiary/aromatic N) is 3. The van der Waals surface area contributed by atoms with Gasteiger partial charge in [0, 0.05) is 29.6 Å². The van der Waals surface area contributed by atoms with Crippen molar-refractivity contribution in [3.05, 3.63) is 52.3 Å². The topological polar surface area (TPSA) is 57.0 Å². The molecule has 0 aromatic carbocycles. The summed E-state index contributed by atoms with van der Waals surface area (Å²) >= 11 is 0. The van der Waals surface area contributed by atoms with Crippen LogP contribution in [0.15, 0.2) is 35.3 Å². The van der Waals surface area contributed by atoms with E-state index < -0.39 is 0 Å². The average Bonchev–Trinajstić information content (AvgIpc) is 2.35. The van der Waals surface area contributed by atoms with Crippen molar-refractivity contribution in [2.45, 2.75) is 39.8 Å². The van der Waals surface area contributed by atoms with E-state index >= 15 is 0 Å². The van der Waals surface area contributed by atoms with Crippen molar-refractivity contribution in [1.29, 1.82) is 0 Å². The number of aromatic nitrogens is 3. The van der Waals surface area contributed by atoms with E-state index in [0.29, 0.717) is 17.4 Å². The molecule has 0 fully saturated rings. The molecule has 0 atom stereocenters. The Hall–Kier alpha value is -2.17. The molecule has 0 aliphatic carbocycles. The summed E-state index contributed by atoms with van der Waals surface area (Å²) in [5.74, 6) is 1.12. The molecule has 0 unspecified atom stereocenters. The summed E-state index contributed by atoms with van der Waals surface area (Å²) < 4.78 is 7.26. The summed E-state index contributed by atoms with van der Waals surface area (Å²) in [6.07, 6.45) is 1.66. The molecule has 2 heterocycles. The van der Waals surface area contributed by atoms with E-state index in [4.69, 9.17) is 4.74 Å². The highest BCUT2D eigenvalue weighted by atomic mass is 16.5. The summed E-state index contributed by atoms with van der Waals surface area (Å²) in [6.45, 7) is 7.92. The molecule has 0 saturated carbocycles. The monoisotopic (exact) mass is 273 g/mol. The molecule has 2 aromatic rings. The summed E-state index contributed by atoms with van der Waals surface area (Å²) in [6, 6.07) is 6.98. The van der Waals surface area contributed by atoms with Crippen LogP contribution in [0.4, 0.5) is 0 Å². The van der Waals surface area contributed by atoms with Crippen molar-refractivity contribution < 1.29 is 4.74 Å². The molecule has 2 rings (SSSR count). The van der Waals surface area contributed by atoms with Gasteiger partial charge < -0.3 is 4.74 Å². The predicted octanol–water partition coefficient (Wildman–Crippen LogP) is 2.28. The van der Waals surface area contributed by atoms with Gasteiger partial charge in [0.15, 0.2) is 0 Å². The highest BCUT2D eigenvalue weighted by Gasteiger charge is 2.20. The minimum atomic E-state index is -0.347. The molecule has 0 spiro atoms. The molecule has 0 saturated heterocycles. The summed E-state index contributed by atoms with van der Waals surface area (Å²) in [5.41, 5.74) is 0.278. The third kappa shape index (κ3) is 3.23. The Balaban J connectivity index is 2.34. The lowest BCUT2D eigenvalue weighted by molar-refractivity contribution is 0.254. The van der Waals surface area contributed by atoms with Gasteiger partial charge in [0.05, 0.1) is 0 Å². The Bertz CT molecular complexity index is 642. The van der Waals surface area contributed by atoms with E-state index in [0.717, 1.165) is 0 Å². The first-order valence-corrected chi connectivity index (χ1v) is 6.52. The van der Waals surface area contributed by atoms with Crippen LogP contribution in [0.1, 0.15) is 32.3 Å². The average molecular weight is 273 g/mol. The summed E-state index contributed by atoms with van der Waals surface area (Å²) in [4.78, 5) is 20.7. The second-order valence-corrected chi connectivity index (χ2v) is 5.61. The molecule has 2 aromatic heterocycles. The summed E-state index contributed by atoms with van der Waals surface area (Å²) in [5, 5.41) is 0. The minimum Gasteiger partial charge on any atom is -0.469 e. The maximum Gasteiger partial charge on any atom is 0.254 e. The van der Waals surface area contributed by atoms with Crippen molar-refractivity contribution >= 4 is 0 Å². The lowest BCUT2D eigenvalue weighted by atomic mass is 10.1. The van der Waals surface area contributed by atoms with E-state index in [-0.39, 0.29) is 17.7 Å². The Morgan fingerprint density at radius 2 is 2.05 bits per heavy atom. The van der Waals surface area contributed by atoms with Crippen LogP contribution in [0, 0.1) is 6.92 Å². The third-order valence-electron chi connectivity index (χ3n) is 2.77. The Morgan fingerprint density at radius 3 is 2.65 bits per heavy atom. The van der Waals surface area contributed by atoms with Crippen LogP contribution in [0.5, 0.6) is 5.88 Å². The number of hydrogen-bond acceptors (Lipinski definition) is 4. The van der Waals surface area contributed by atoms with Crippen LogP contribution in [-0.2, 0) is 12.1 Å². The zero-order valence-electron chi connectivity index (χ0n) is 12.3. The van der Waals surface area contributed by atoms with Gasteiger partial charge in [-0.1, -0.05) is 6.07 Å². The van der Waals surface area contributed by atoms with Crippen LogP contribution in [-0.4, -0.2) is 14.5 Å². The Labute approximate surface area is 118 Å². The van der Waals surface area contributed by atoms with Crippen molar-refractivity contribution in [3.63, 3.8) is 0 Å². The SMILES string of the molecule is Cc1cc(=O)n(C(C)(C)C)c(COc2ccccn2)n1. The first-order chi connectivity index (χ1) is 9.38. The first-order valence-electron chi connectivity index (χ1n) is 6.52. The third-order valence-corrected chi connectivity index (χ3v) is 2.77. The maximum absolute atomic E-state index is 12.2. The second kappa shape index (κ2) is 5.45. The van der Waals surface area contributed by atoms with Gasteiger partial charge in [-0.25, -0.2) is 9.97 Å². The van der Waals surface area contributed by atoms with Gasteiger partial charge in [-0.15, -0.1) is 0 Å². The molecule has 0 N–H and O–H groups in total. The Kier molecular flexibility index (Phi) is 3.88. The maximum atomic E-state index is 12.2. The second-order valence-electron chi connectivity index (χ2n) is 5.61. The molecule has 5 nitrogen and oxygen atoms in total. The number of pyridine rings is 1. The zero-order chi connectivity index (χ0) is 14.8. The van der Waals surface area contributed by atoms with Crippen LogP contribution in [0.2, 0.25) is 0 Å². The fraction of sp³-hybridized carbons (Fsp3) is 0.400. The zero-order valence-corrected chi connectivity index (χ0v) is 12.3. The number of hydrogen-bond donors (Lipinski definition) is 0. The van der Waals surface area contributed by atoms with Crippen LogP contribution in [0.3, 0.4) is 0 Å². The molecule has 5 heteroatoms. The largest absolute Gasteiger partial charge is 0.469 e. The molecule has 0 aliphatic rings. The van der Waals surface area contributed by atoms with Gasteiger partial charge in [-0.2, -0.15) is 0 Å². The van der Waals surface area contributed by atoms with Crippen molar-refractivity contribution in [2.75, 3.05) is 0 Å². The first kappa shape index (κ1) is 14.2. The molecule has 106 valence electrons. The molecular formula is C15H19N3O2. The summed E-state index contributed by atoms with van der Waals surface area (Å²) in [7, 11) is 0. The van der Waals surface area contributed by atoms with Gasteiger partial charge in [0.1, 0.15) is 12.4 Å². The van der Waals surface area contributed by atoms with E-state index in [9.17, 15) is 4.79 Å². The van der Waals surface area contributed by atoms with Crippen LogP contribution < -0.4 is 10.3 Å². The van der Waals surface area contributed by atoms with Gasteiger partial charge >= 0.3 is 0 Å². The normalized spacial score (nSPS) is 11.4. The quantitative estimate of drug-likeness (QED) is 0.861. The minimum absolute atomic E-state index is 0.0652. The molecule has 0 amide bonds. The Morgan fingerprint density at radius 1 is 1.30 bits per heavy atom. The molecule has 20 heavy (non-hydrogen) atoms. The van der Waals surface area contributed by atoms with Crippen LogP contribution >= 0.6 is 0 Å². The lowest BCUT2D eigenvalue weighted by Gasteiger charge is -2.25. The van der Waals surface area contributed by atoms with Gasteiger partial charge in [-0.3, -0.25) is 9.36 Å². The lowest BCUT2D eigenvalue weighted by Crippen LogP contribution is -2.37. The smallest absolute Gasteiger partial charge is 0.254 e. The predicted molar refractivity (Wildman–Crippen MR) is 76.8 cm³/mol. The van der Waals surface area contributed by atoms with E-state index in [1.54, 1.807) is 23.8 Å². The van der Waals surface area contributed by atoms with E-state index in [1.807, 2.05) is 32.9 Å². The van der Waals surface area contributed by atoms with Crippen molar-refractivity contribution in [2.24, 2.45) is 0 Å². The number of rotatable bonds is 3. The molecule has 0 aliphatic heterocycles. The van der Waals surface area contributed by atoms with E-state index in [2.05, 4.69) is 9.97 Å². The highest BCUT2D eigenvalue weighted by molar-refractivity contribution is 5.10. The fourth-order valence-corrected chi connectivity index (χ4v) is 2.04. The van der Waals surface area contributed by atoms with Gasteiger partial charge in [-0.05, 0) is 33.8 Å². The molecular weight excluding hydrogens is 254 g/mol. The fourth-order valence-electron chi connectivity index (χ4n) is 2.04.